The van der Waals surface area contributed by atoms with E-state index in [0.717, 1.165) is 44.3 Å². The molecular formula is C31H47N5O3S. The summed E-state index contributed by atoms with van der Waals surface area (Å²) in [6.07, 6.45) is 5.38. The van der Waals surface area contributed by atoms with Gasteiger partial charge >= 0.3 is 0 Å². The van der Waals surface area contributed by atoms with Crippen molar-refractivity contribution in [1.29, 1.82) is 0 Å². The van der Waals surface area contributed by atoms with E-state index in [1.807, 2.05) is 6.07 Å². The normalized spacial score (nSPS) is 22.9. The van der Waals surface area contributed by atoms with Crippen LogP contribution in [0.3, 0.4) is 0 Å². The van der Waals surface area contributed by atoms with E-state index in [9.17, 15) is 13.2 Å². The van der Waals surface area contributed by atoms with Gasteiger partial charge in [-0.1, -0.05) is 54.0 Å². The molecule has 1 unspecified atom stereocenters. The Bertz CT molecular complexity index is 1340. The largest absolute Gasteiger partial charge is 0.370 e. The predicted molar refractivity (Wildman–Crippen MR) is 161 cm³/mol. The van der Waals surface area contributed by atoms with Crippen LogP contribution in [0.1, 0.15) is 104 Å². The summed E-state index contributed by atoms with van der Waals surface area (Å²) in [4.78, 5) is 25.1. The van der Waals surface area contributed by atoms with Crippen molar-refractivity contribution in [2.75, 3.05) is 23.3 Å². The van der Waals surface area contributed by atoms with E-state index in [-0.39, 0.29) is 27.0 Å². The van der Waals surface area contributed by atoms with Crippen molar-refractivity contribution in [3.63, 3.8) is 0 Å². The lowest BCUT2D eigenvalue weighted by atomic mass is 9.84. The van der Waals surface area contributed by atoms with Gasteiger partial charge in [0.05, 0.1) is 5.56 Å². The number of fused-ring (bicyclic) bond motifs is 6. The van der Waals surface area contributed by atoms with Crippen molar-refractivity contribution in [3.8, 4) is 0 Å². The topological polar surface area (TPSA) is 104 Å². The van der Waals surface area contributed by atoms with Gasteiger partial charge in [0.2, 0.25) is 0 Å². The monoisotopic (exact) mass is 569 g/mol. The van der Waals surface area contributed by atoms with Crippen molar-refractivity contribution in [2.45, 2.75) is 103 Å². The summed E-state index contributed by atoms with van der Waals surface area (Å²) in [5.74, 6) is 1.17. The molecule has 40 heavy (non-hydrogen) atoms. The SMILES string of the molecule is CC(C)(C)CCCC1CNc2cccc(n2)S(=O)(=O)NC(=O)c2ccc(C(C)(C)C)nc2N2C[C@@H](C1)CC2(C)C. The molecule has 9 heteroatoms. The Kier molecular flexibility index (Phi) is 8.29. The minimum Gasteiger partial charge on any atom is -0.370 e. The van der Waals surface area contributed by atoms with Gasteiger partial charge in [-0.15, -0.1) is 0 Å². The highest BCUT2D eigenvalue weighted by molar-refractivity contribution is 7.90. The molecule has 8 nitrogen and oxygen atoms in total. The van der Waals surface area contributed by atoms with Gasteiger partial charge < -0.3 is 10.2 Å². The third kappa shape index (κ3) is 7.14. The van der Waals surface area contributed by atoms with Gasteiger partial charge in [0.15, 0.2) is 5.03 Å². The Morgan fingerprint density at radius 2 is 1.77 bits per heavy atom. The van der Waals surface area contributed by atoms with Crippen LogP contribution in [-0.4, -0.2) is 42.9 Å². The fourth-order valence-corrected chi connectivity index (χ4v) is 6.94. The smallest absolute Gasteiger partial charge is 0.281 e. The average Bonchev–Trinajstić information content (AvgIpc) is 3.13. The van der Waals surface area contributed by atoms with Crippen molar-refractivity contribution in [1.82, 2.24) is 14.7 Å². The molecule has 2 aliphatic rings. The van der Waals surface area contributed by atoms with Crippen LogP contribution in [0.25, 0.3) is 0 Å². The Morgan fingerprint density at radius 1 is 1.05 bits per heavy atom. The number of nitrogens with one attached hydrogen (secondary N) is 2. The van der Waals surface area contributed by atoms with Crippen LogP contribution >= 0.6 is 0 Å². The zero-order chi connectivity index (χ0) is 29.5. The highest BCUT2D eigenvalue weighted by atomic mass is 32.2. The molecule has 220 valence electrons. The van der Waals surface area contributed by atoms with E-state index in [1.54, 1.807) is 18.2 Å². The fraction of sp³-hybridized carbons (Fsp3) is 0.645. The van der Waals surface area contributed by atoms with E-state index in [2.05, 4.69) is 75.3 Å². The number of carbonyl (C=O) groups excluding carboxylic acids is 1. The van der Waals surface area contributed by atoms with Crippen molar-refractivity contribution in [2.24, 2.45) is 17.3 Å². The van der Waals surface area contributed by atoms with Gasteiger partial charge in [0.25, 0.3) is 15.9 Å². The molecule has 4 bridgehead atoms. The Labute approximate surface area is 240 Å². The second-order valence-electron chi connectivity index (χ2n) is 14.5. The number of nitrogens with zero attached hydrogens (tertiary/aromatic N) is 3. The predicted octanol–water partition coefficient (Wildman–Crippen LogP) is 6.15. The molecule has 2 N–H and O–H groups in total. The molecule has 4 heterocycles. The molecule has 1 amide bonds. The lowest BCUT2D eigenvalue weighted by Crippen LogP contribution is -2.41. The second-order valence-corrected chi connectivity index (χ2v) is 16.2. The number of pyridine rings is 2. The highest BCUT2D eigenvalue weighted by Gasteiger charge is 2.42. The molecule has 0 aromatic carbocycles. The molecular weight excluding hydrogens is 522 g/mol. The minimum atomic E-state index is -4.19. The zero-order valence-corrected chi connectivity index (χ0v) is 26.3. The lowest BCUT2D eigenvalue weighted by Gasteiger charge is -2.34. The number of hydrogen-bond donors (Lipinski definition) is 2. The van der Waals surface area contributed by atoms with Crippen LogP contribution in [0, 0.1) is 17.3 Å². The molecule has 2 aromatic rings. The minimum absolute atomic E-state index is 0.187. The summed E-state index contributed by atoms with van der Waals surface area (Å²) in [7, 11) is -4.19. The summed E-state index contributed by atoms with van der Waals surface area (Å²) in [6, 6.07) is 8.39. The molecule has 2 aromatic heterocycles. The summed E-state index contributed by atoms with van der Waals surface area (Å²) in [5, 5.41) is 3.22. The molecule has 0 spiro atoms. The Balaban J connectivity index is 1.78. The number of rotatable bonds is 3. The first-order chi connectivity index (χ1) is 18.4. The van der Waals surface area contributed by atoms with Gasteiger partial charge in [0.1, 0.15) is 11.6 Å². The molecule has 2 atom stereocenters. The van der Waals surface area contributed by atoms with Crippen LogP contribution < -0.4 is 14.9 Å². The van der Waals surface area contributed by atoms with Crippen LogP contribution in [0.4, 0.5) is 11.6 Å². The van der Waals surface area contributed by atoms with E-state index in [1.165, 1.54) is 6.07 Å². The van der Waals surface area contributed by atoms with Gasteiger partial charge in [-0.05, 0) is 81.0 Å². The molecule has 1 saturated heterocycles. The van der Waals surface area contributed by atoms with Gasteiger partial charge in [-0.3, -0.25) is 4.79 Å². The Morgan fingerprint density at radius 3 is 2.45 bits per heavy atom. The molecule has 0 saturated carbocycles. The van der Waals surface area contributed by atoms with Crippen molar-refractivity contribution in [3.05, 3.63) is 41.6 Å². The number of carbonyl (C=O) groups is 1. The highest BCUT2D eigenvalue weighted by Crippen LogP contribution is 2.41. The maximum absolute atomic E-state index is 13.6. The molecule has 0 radical (unpaired) electrons. The lowest BCUT2D eigenvalue weighted by molar-refractivity contribution is 0.0981. The van der Waals surface area contributed by atoms with E-state index >= 15 is 0 Å². The van der Waals surface area contributed by atoms with Crippen molar-refractivity contribution >= 4 is 27.6 Å². The quantitative estimate of drug-likeness (QED) is 0.457. The third-order valence-corrected chi connectivity index (χ3v) is 9.34. The maximum atomic E-state index is 13.6. The van der Waals surface area contributed by atoms with E-state index < -0.39 is 15.9 Å². The maximum Gasteiger partial charge on any atom is 0.281 e. The van der Waals surface area contributed by atoms with Crippen molar-refractivity contribution < 1.29 is 13.2 Å². The van der Waals surface area contributed by atoms with Crippen LogP contribution in [0.5, 0.6) is 0 Å². The number of aromatic nitrogens is 2. The van der Waals surface area contributed by atoms with Gasteiger partial charge in [-0.2, -0.15) is 8.42 Å². The number of hydrogen-bond acceptors (Lipinski definition) is 7. The summed E-state index contributed by atoms with van der Waals surface area (Å²) in [5.41, 5.74) is 0.929. The van der Waals surface area contributed by atoms with Crippen LogP contribution in [-0.2, 0) is 15.4 Å². The molecule has 2 aliphatic heterocycles. The number of anilines is 2. The second kappa shape index (κ2) is 11.0. The third-order valence-electron chi connectivity index (χ3n) is 8.11. The number of amides is 1. The Hall–Kier alpha value is -2.68. The molecule has 4 rings (SSSR count). The van der Waals surface area contributed by atoms with Crippen LogP contribution in [0.15, 0.2) is 35.4 Å². The first-order valence-electron chi connectivity index (χ1n) is 14.5. The molecule has 0 aliphatic carbocycles. The summed E-state index contributed by atoms with van der Waals surface area (Å²) >= 11 is 0. The van der Waals surface area contributed by atoms with E-state index in [4.69, 9.17) is 4.98 Å². The number of sulfonamides is 1. The first kappa shape index (κ1) is 30.3. The van der Waals surface area contributed by atoms with Crippen LogP contribution in [0.2, 0.25) is 0 Å². The van der Waals surface area contributed by atoms with Gasteiger partial charge in [0, 0.05) is 29.7 Å². The standard InChI is InChI=1S/C31H47N5O3S/c1-29(2,3)16-10-11-21-17-22-18-31(7,8)36(20-22)27-23(14-15-24(33-27)30(4,5)6)28(37)35-40(38,39)26-13-9-12-25(34-26)32-19-21/h9,12-15,21-22H,10-11,16-20H2,1-8H3,(H,32,34)(H,35,37)/t21?,22-/m0/s1. The van der Waals surface area contributed by atoms with E-state index in [0.29, 0.717) is 30.0 Å². The zero-order valence-electron chi connectivity index (χ0n) is 25.5. The fourth-order valence-electron chi connectivity index (χ4n) is 6.00. The average molecular weight is 570 g/mol. The first-order valence-corrected chi connectivity index (χ1v) is 16.0. The molecule has 1 fully saturated rings. The van der Waals surface area contributed by atoms with Gasteiger partial charge in [-0.25, -0.2) is 14.7 Å². The summed E-state index contributed by atoms with van der Waals surface area (Å²) in [6.45, 7) is 19.0. The summed E-state index contributed by atoms with van der Waals surface area (Å²) < 4.78 is 28.8.